The molecule has 1 aromatic rings. The van der Waals surface area contributed by atoms with Gasteiger partial charge in [-0.05, 0) is 12.8 Å². The van der Waals surface area contributed by atoms with Crippen LogP contribution in [0.1, 0.15) is 23.3 Å². The maximum absolute atomic E-state index is 11.3. The van der Waals surface area contributed by atoms with E-state index >= 15 is 0 Å². The van der Waals surface area contributed by atoms with Gasteiger partial charge in [0.05, 0.1) is 6.33 Å². The molecule has 0 spiro atoms. The van der Waals surface area contributed by atoms with E-state index in [0.29, 0.717) is 19.1 Å². The Balaban J connectivity index is 1.69. The highest BCUT2D eigenvalue weighted by atomic mass is 16.4. The number of nitrogens with zero attached hydrogens (tertiary/aromatic N) is 2. The van der Waals surface area contributed by atoms with Crippen LogP contribution < -0.4 is 10.6 Å². The van der Waals surface area contributed by atoms with Gasteiger partial charge < -0.3 is 20.3 Å². The van der Waals surface area contributed by atoms with Crippen molar-refractivity contribution in [3.63, 3.8) is 0 Å². The molecule has 1 saturated carbocycles. The smallest absolute Gasteiger partial charge is 0.356 e. The second kappa shape index (κ2) is 4.86. The van der Waals surface area contributed by atoms with Gasteiger partial charge in [0.2, 0.25) is 0 Å². The van der Waals surface area contributed by atoms with Crippen molar-refractivity contribution in [3.05, 3.63) is 18.2 Å². The molecule has 0 saturated heterocycles. The average Bonchev–Trinajstić information content (AvgIpc) is 2.94. The van der Waals surface area contributed by atoms with E-state index in [9.17, 15) is 9.59 Å². The molecule has 7 heteroatoms. The van der Waals surface area contributed by atoms with Crippen molar-refractivity contribution in [1.29, 1.82) is 0 Å². The molecule has 0 aromatic carbocycles. The summed E-state index contributed by atoms with van der Waals surface area (Å²) in [7, 11) is 0. The first-order valence-corrected chi connectivity index (χ1v) is 5.44. The number of carbonyl (C=O) groups excluding carboxylic acids is 1. The van der Waals surface area contributed by atoms with Crippen LogP contribution in [0.4, 0.5) is 4.79 Å². The second-order valence-electron chi connectivity index (χ2n) is 3.98. The number of carbonyl (C=O) groups is 2. The zero-order valence-corrected chi connectivity index (χ0v) is 9.22. The second-order valence-corrected chi connectivity index (χ2v) is 3.98. The molecule has 92 valence electrons. The van der Waals surface area contributed by atoms with E-state index < -0.39 is 5.97 Å². The molecule has 0 aliphatic heterocycles. The van der Waals surface area contributed by atoms with Gasteiger partial charge in [-0.25, -0.2) is 14.6 Å². The number of rotatable bonds is 5. The first-order valence-electron chi connectivity index (χ1n) is 5.44. The van der Waals surface area contributed by atoms with Crippen molar-refractivity contribution in [3.8, 4) is 0 Å². The summed E-state index contributed by atoms with van der Waals surface area (Å²) in [6.07, 6.45) is 4.97. The molecule has 0 radical (unpaired) electrons. The largest absolute Gasteiger partial charge is 0.476 e. The van der Waals surface area contributed by atoms with Crippen LogP contribution in [0, 0.1) is 0 Å². The van der Waals surface area contributed by atoms with Crippen molar-refractivity contribution in [1.82, 2.24) is 20.2 Å². The van der Waals surface area contributed by atoms with Crippen LogP contribution in [0.25, 0.3) is 0 Å². The van der Waals surface area contributed by atoms with E-state index in [0.717, 1.165) is 12.8 Å². The Bertz CT molecular complexity index is 425. The number of urea groups is 1. The minimum Gasteiger partial charge on any atom is -0.476 e. The lowest BCUT2D eigenvalue weighted by molar-refractivity contribution is 0.0691. The van der Waals surface area contributed by atoms with E-state index in [1.165, 1.54) is 12.5 Å². The summed E-state index contributed by atoms with van der Waals surface area (Å²) in [6, 6.07) is 0.160. The van der Waals surface area contributed by atoms with Gasteiger partial charge in [0, 0.05) is 25.3 Å². The van der Waals surface area contributed by atoms with Gasteiger partial charge in [-0.3, -0.25) is 0 Å². The molecule has 1 heterocycles. The fourth-order valence-corrected chi connectivity index (χ4v) is 1.36. The van der Waals surface area contributed by atoms with Crippen LogP contribution in [0.2, 0.25) is 0 Å². The first-order chi connectivity index (χ1) is 8.15. The monoisotopic (exact) mass is 238 g/mol. The predicted molar refractivity (Wildman–Crippen MR) is 58.7 cm³/mol. The zero-order valence-electron chi connectivity index (χ0n) is 9.22. The third-order valence-electron chi connectivity index (χ3n) is 2.42. The molecule has 0 atom stereocenters. The van der Waals surface area contributed by atoms with Crippen molar-refractivity contribution in [2.75, 3.05) is 6.54 Å². The molecule has 7 nitrogen and oxygen atoms in total. The van der Waals surface area contributed by atoms with Crippen LogP contribution >= 0.6 is 0 Å². The summed E-state index contributed by atoms with van der Waals surface area (Å²) >= 11 is 0. The molecule has 3 N–H and O–H groups in total. The number of imidazole rings is 1. The highest BCUT2D eigenvalue weighted by Gasteiger charge is 2.22. The summed E-state index contributed by atoms with van der Waals surface area (Å²) in [5.74, 6) is -1.05. The molecular weight excluding hydrogens is 224 g/mol. The van der Waals surface area contributed by atoms with E-state index in [-0.39, 0.29) is 11.7 Å². The quantitative estimate of drug-likeness (QED) is 0.675. The normalized spacial score (nSPS) is 14.4. The van der Waals surface area contributed by atoms with Crippen LogP contribution in [0.15, 0.2) is 12.5 Å². The first kappa shape index (κ1) is 11.4. The summed E-state index contributed by atoms with van der Waals surface area (Å²) in [5.41, 5.74) is 0.00688. The molecule has 1 aliphatic carbocycles. The number of aromatic nitrogens is 2. The van der Waals surface area contributed by atoms with Gasteiger partial charge in [-0.2, -0.15) is 0 Å². The predicted octanol–water partition coefficient (Wildman–Crippen LogP) is 0.0429. The van der Waals surface area contributed by atoms with Crippen molar-refractivity contribution in [2.45, 2.75) is 25.4 Å². The molecule has 1 aromatic heterocycles. The fourth-order valence-electron chi connectivity index (χ4n) is 1.36. The number of nitrogens with one attached hydrogen (secondary N) is 2. The van der Waals surface area contributed by atoms with E-state index in [4.69, 9.17) is 5.11 Å². The molecular formula is C10H14N4O3. The highest BCUT2D eigenvalue weighted by molar-refractivity contribution is 5.84. The Labute approximate surface area is 97.8 Å². The Morgan fingerprint density at radius 3 is 2.88 bits per heavy atom. The summed E-state index contributed by atoms with van der Waals surface area (Å²) in [5, 5.41) is 14.2. The standard InChI is InChI=1S/C10H14N4O3/c15-9(16)8-5-14(6-12-8)4-3-11-10(17)13-7-1-2-7/h5-7H,1-4H2,(H,15,16)(H2,11,13,17). The SMILES string of the molecule is O=C(NCCn1cnc(C(=O)O)c1)NC1CC1. The Kier molecular flexibility index (Phi) is 3.27. The summed E-state index contributed by atoms with van der Waals surface area (Å²) < 4.78 is 1.63. The molecule has 1 aliphatic rings. The lowest BCUT2D eigenvalue weighted by Gasteiger charge is -2.06. The van der Waals surface area contributed by atoms with E-state index in [2.05, 4.69) is 15.6 Å². The average molecular weight is 238 g/mol. The minimum atomic E-state index is -1.05. The zero-order chi connectivity index (χ0) is 12.3. The van der Waals surface area contributed by atoms with Gasteiger partial charge in [-0.15, -0.1) is 0 Å². The Hall–Kier alpha value is -2.05. The molecule has 17 heavy (non-hydrogen) atoms. The molecule has 0 bridgehead atoms. The molecule has 1 fully saturated rings. The van der Waals surface area contributed by atoms with Crippen molar-refractivity contribution >= 4 is 12.0 Å². The molecule has 2 rings (SSSR count). The van der Waals surface area contributed by atoms with Crippen LogP contribution in [0.3, 0.4) is 0 Å². The van der Waals surface area contributed by atoms with Gasteiger partial charge in [0.1, 0.15) is 0 Å². The number of aromatic carboxylic acids is 1. The Morgan fingerprint density at radius 2 is 2.29 bits per heavy atom. The molecule has 2 amide bonds. The van der Waals surface area contributed by atoms with Crippen LogP contribution in [-0.2, 0) is 6.54 Å². The third-order valence-corrected chi connectivity index (χ3v) is 2.42. The van der Waals surface area contributed by atoms with E-state index in [1.54, 1.807) is 4.57 Å². The lowest BCUT2D eigenvalue weighted by atomic mass is 10.5. The van der Waals surface area contributed by atoms with Gasteiger partial charge >= 0.3 is 12.0 Å². The van der Waals surface area contributed by atoms with E-state index in [1.807, 2.05) is 0 Å². The van der Waals surface area contributed by atoms with Crippen LogP contribution in [-0.4, -0.2) is 39.2 Å². The fraction of sp³-hybridized carbons (Fsp3) is 0.500. The lowest BCUT2D eigenvalue weighted by Crippen LogP contribution is -2.38. The Morgan fingerprint density at radius 1 is 1.53 bits per heavy atom. The van der Waals surface area contributed by atoms with Gasteiger partial charge in [0.25, 0.3) is 0 Å². The number of amides is 2. The van der Waals surface area contributed by atoms with Crippen molar-refractivity contribution in [2.24, 2.45) is 0 Å². The van der Waals surface area contributed by atoms with Gasteiger partial charge in [-0.1, -0.05) is 0 Å². The highest BCUT2D eigenvalue weighted by Crippen LogP contribution is 2.18. The topological polar surface area (TPSA) is 96.2 Å². The number of hydrogen-bond acceptors (Lipinski definition) is 3. The third kappa shape index (κ3) is 3.47. The number of carboxylic acid groups (broad SMARTS) is 1. The maximum Gasteiger partial charge on any atom is 0.356 e. The van der Waals surface area contributed by atoms with Gasteiger partial charge in [0.15, 0.2) is 5.69 Å². The van der Waals surface area contributed by atoms with Crippen LogP contribution in [0.5, 0.6) is 0 Å². The summed E-state index contributed by atoms with van der Waals surface area (Å²) in [4.78, 5) is 25.5. The maximum atomic E-state index is 11.3. The number of carboxylic acids is 1. The minimum absolute atomic E-state index is 0.00688. The summed E-state index contributed by atoms with van der Waals surface area (Å²) in [6.45, 7) is 0.937. The van der Waals surface area contributed by atoms with Crippen molar-refractivity contribution < 1.29 is 14.7 Å². The molecule has 0 unspecified atom stereocenters. The number of hydrogen-bond donors (Lipinski definition) is 3.